The number of ether oxygens (including phenoxy) is 1. The number of carbonyl (C=O) groups is 1. The van der Waals surface area contributed by atoms with Gasteiger partial charge in [0, 0.05) is 39.0 Å². The lowest BCUT2D eigenvalue weighted by atomic mass is 10.2. The highest BCUT2D eigenvalue weighted by atomic mass is 127. The lowest BCUT2D eigenvalue weighted by molar-refractivity contribution is 0.0253. The second-order valence-electron chi connectivity index (χ2n) is 5.89. The minimum atomic E-state index is -0.466. The van der Waals surface area contributed by atoms with Crippen molar-refractivity contribution >= 4 is 47.8 Å². The molecule has 23 heavy (non-hydrogen) atoms. The van der Waals surface area contributed by atoms with Crippen molar-refractivity contribution in [1.82, 2.24) is 15.5 Å². The topological polar surface area (TPSA) is 66.0 Å². The van der Waals surface area contributed by atoms with Crippen LogP contribution in [0, 0.1) is 0 Å². The van der Waals surface area contributed by atoms with Crippen LogP contribution in [-0.2, 0) is 4.74 Å². The summed E-state index contributed by atoms with van der Waals surface area (Å²) in [6, 6.07) is 0. The predicted molar refractivity (Wildman–Crippen MR) is 111 cm³/mol. The van der Waals surface area contributed by atoms with Crippen LogP contribution in [0.3, 0.4) is 0 Å². The fraction of sp³-hybridized carbons (Fsp3) is 0.867. The molecule has 8 heteroatoms. The van der Waals surface area contributed by atoms with Crippen molar-refractivity contribution in [2.45, 2.75) is 39.7 Å². The van der Waals surface area contributed by atoms with Gasteiger partial charge in [-0.15, -0.1) is 24.0 Å². The van der Waals surface area contributed by atoms with Gasteiger partial charge in [-0.25, -0.2) is 4.79 Å². The smallest absolute Gasteiger partial charge is 0.410 e. The van der Waals surface area contributed by atoms with Crippen LogP contribution in [0.25, 0.3) is 0 Å². The van der Waals surface area contributed by atoms with E-state index in [-0.39, 0.29) is 30.1 Å². The normalized spacial score (nSPS) is 11.5. The van der Waals surface area contributed by atoms with E-state index in [2.05, 4.69) is 21.9 Å². The molecule has 0 aliphatic rings. The molecule has 0 saturated carbocycles. The maximum Gasteiger partial charge on any atom is 0.410 e. The molecule has 0 atom stereocenters. The Kier molecular flexibility index (Phi) is 15.1. The third-order valence-electron chi connectivity index (χ3n) is 2.64. The van der Waals surface area contributed by atoms with Crippen molar-refractivity contribution in [3.8, 4) is 0 Å². The Bertz CT molecular complexity index is 349. The number of amides is 1. The molecule has 0 fully saturated rings. The molecule has 0 rings (SSSR count). The quantitative estimate of drug-likeness (QED) is 0.253. The highest BCUT2D eigenvalue weighted by molar-refractivity contribution is 14.0. The average Bonchev–Trinajstić information content (AvgIpc) is 2.42. The first-order chi connectivity index (χ1) is 10.3. The van der Waals surface area contributed by atoms with Crippen molar-refractivity contribution in [1.29, 1.82) is 0 Å². The zero-order chi connectivity index (χ0) is 17.0. The number of guanidine groups is 1. The van der Waals surface area contributed by atoms with Gasteiger partial charge in [-0.1, -0.05) is 6.92 Å². The zero-order valence-electron chi connectivity index (χ0n) is 15.3. The third-order valence-corrected chi connectivity index (χ3v) is 3.25. The SMILES string of the molecule is CCCN(CCNC(=NC)NCCSC)C(=O)OC(C)(C)C.I. The average molecular weight is 460 g/mol. The van der Waals surface area contributed by atoms with Crippen LogP contribution >= 0.6 is 35.7 Å². The van der Waals surface area contributed by atoms with Gasteiger partial charge < -0.3 is 20.3 Å². The van der Waals surface area contributed by atoms with E-state index in [9.17, 15) is 4.79 Å². The van der Waals surface area contributed by atoms with Crippen molar-refractivity contribution in [2.75, 3.05) is 45.2 Å². The number of nitrogens with zero attached hydrogens (tertiary/aromatic N) is 2. The van der Waals surface area contributed by atoms with Crippen LogP contribution < -0.4 is 10.6 Å². The number of thioether (sulfide) groups is 1. The van der Waals surface area contributed by atoms with Crippen LogP contribution in [0.1, 0.15) is 34.1 Å². The first-order valence-electron chi connectivity index (χ1n) is 7.75. The van der Waals surface area contributed by atoms with Crippen molar-refractivity contribution < 1.29 is 9.53 Å². The van der Waals surface area contributed by atoms with E-state index in [1.165, 1.54) is 0 Å². The second kappa shape index (κ2) is 14.0. The van der Waals surface area contributed by atoms with E-state index in [4.69, 9.17) is 4.74 Å². The van der Waals surface area contributed by atoms with Crippen LogP contribution in [0.4, 0.5) is 4.79 Å². The molecule has 0 unspecified atom stereocenters. The molecular formula is C15H33IN4O2S. The van der Waals surface area contributed by atoms with Crippen molar-refractivity contribution in [3.05, 3.63) is 0 Å². The maximum atomic E-state index is 12.1. The Labute approximate surface area is 162 Å². The number of hydrogen-bond acceptors (Lipinski definition) is 4. The zero-order valence-corrected chi connectivity index (χ0v) is 18.4. The van der Waals surface area contributed by atoms with Crippen LogP contribution in [0.15, 0.2) is 4.99 Å². The minimum Gasteiger partial charge on any atom is -0.444 e. The number of hydrogen-bond donors (Lipinski definition) is 2. The summed E-state index contributed by atoms with van der Waals surface area (Å²) in [7, 11) is 1.74. The van der Waals surface area contributed by atoms with Gasteiger partial charge >= 0.3 is 6.09 Å². The molecule has 0 aromatic heterocycles. The summed E-state index contributed by atoms with van der Waals surface area (Å²) in [5, 5.41) is 6.44. The molecule has 138 valence electrons. The molecule has 6 nitrogen and oxygen atoms in total. The van der Waals surface area contributed by atoms with E-state index in [1.54, 1.807) is 23.7 Å². The Balaban J connectivity index is 0. The first-order valence-corrected chi connectivity index (χ1v) is 9.14. The monoisotopic (exact) mass is 460 g/mol. The predicted octanol–water partition coefficient (Wildman–Crippen LogP) is 2.78. The molecule has 0 bridgehead atoms. The Hall–Kier alpha value is -0.380. The largest absolute Gasteiger partial charge is 0.444 e. The molecule has 0 saturated heterocycles. The summed E-state index contributed by atoms with van der Waals surface area (Å²) in [6.45, 7) is 10.5. The van der Waals surface area contributed by atoms with Gasteiger partial charge in [0.2, 0.25) is 0 Å². The standard InChI is InChI=1S/C15H32N4O2S.HI/c1-7-10-19(14(20)21-15(2,3)4)11-8-17-13(16-5)18-9-12-22-6;/h7-12H2,1-6H3,(H2,16,17,18);1H. The summed E-state index contributed by atoms with van der Waals surface area (Å²) < 4.78 is 5.43. The molecule has 1 amide bonds. The molecule has 2 N–H and O–H groups in total. The molecule has 0 aliphatic heterocycles. The van der Waals surface area contributed by atoms with E-state index in [0.29, 0.717) is 19.6 Å². The minimum absolute atomic E-state index is 0. The third kappa shape index (κ3) is 13.7. The van der Waals surface area contributed by atoms with Crippen LogP contribution in [0.2, 0.25) is 0 Å². The Morgan fingerprint density at radius 2 is 1.83 bits per heavy atom. The fourth-order valence-corrected chi connectivity index (χ4v) is 2.00. The lowest BCUT2D eigenvalue weighted by Crippen LogP contribution is -2.45. The Morgan fingerprint density at radius 3 is 2.30 bits per heavy atom. The fourth-order valence-electron chi connectivity index (χ4n) is 1.69. The van der Waals surface area contributed by atoms with Crippen molar-refractivity contribution in [2.24, 2.45) is 4.99 Å². The highest BCUT2D eigenvalue weighted by Crippen LogP contribution is 2.09. The van der Waals surface area contributed by atoms with E-state index < -0.39 is 5.60 Å². The summed E-state index contributed by atoms with van der Waals surface area (Å²) in [5.41, 5.74) is -0.466. The van der Waals surface area contributed by atoms with Gasteiger partial charge in [0.25, 0.3) is 0 Å². The molecule has 0 aromatic rings. The number of carbonyl (C=O) groups excluding carboxylic acids is 1. The molecular weight excluding hydrogens is 427 g/mol. The van der Waals surface area contributed by atoms with Crippen molar-refractivity contribution in [3.63, 3.8) is 0 Å². The van der Waals surface area contributed by atoms with Gasteiger partial charge in [0.15, 0.2) is 5.96 Å². The molecule has 0 aromatic carbocycles. The summed E-state index contributed by atoms with van der Waals surface area (Å²) >= 11 is 1.78. The van der Waals surface area contributed by atoms with Crippen LogP contribution in [0.5, 0.6) is 0 Å². The second-order valence-corrected chi connectivity index (χ2v) is 6.87. The number of halogens is 1. The number of aliphatic imine (C=N–C) groups is 1. The molecule has 0 spiro atoms. The summed E-state index contributed by atoms with van der Waals surface area (Å²) in [6.07, 6.45) is 2.71. The van der Waals surface area contributed by atoms with Gasteiger partial charge in [-0.2, -0.15) is 11.8 Å². The van der Waals surface area contributed by atoms with E-state index in [0.717, 1.165) is 24.7 Å². The lowest BCUT2D eigenvalue weighted by Gasteiger charge is -2.27. The molecule has 0 radical (unpaired) electrons. The first kappa shape index (κ1) is 24.9. The Morgan fingerprint density at radius 1 is 1.22 bits per heavy atom. The summed E-state index contributed by atoms with van der Waals surface area (Å²) in [5.74, 6) is 1.79. The maximum absolute atomic E-state index is 12.1. The summed E-state index contributed by atoms with van der Waals surface area (Å²) in [4.78, 5) is 18.0. The van der Waals surface area contributed by atoms with Gasteiger partial charge in [-0.05, 0) is 33.4 Å². The highest BCUT2D eigenvalue weighted by Gasteiger charge is 2.21. The number of rotatable bonds is 8. The van der Waals surface area contributed by atoms with Gasteiger partial charge in [0.1, 0.15) is 5.60 Å². The molecule has 0 aliphatic carbocycles. The van der Waals surface area contributed by atoms with Gasteiger partial charge in [0.05, 0.1) is 0 Å². The number of nitrogens with one attached hydrogen (secondary N) is 2. The van der Waals surface area contributed by atoms with E-state index in [1.807, 2.05) is 27.7 Å². The van der Waals surface area contributed by atoms with Crippen LogP contribution in [-0.4, -0.2) is 67.8 Å². The van der Waals surface area contributed by atoms with Gasteiger partial charge in [-0.3, -0.25) is 4.99 Å². The molecule has 0 heterocycles. The van der Waals surface area contributed by atoms with E-state index >= 15 is 0 Å².